The Morgan fingerprint density at radius 2 is 2.05 bits per heavy atom. The van der Waals surface area contributed by atoms with Crippen LogP contribution in [-0.2, 0) is 6.42 Å². The second kappa shape index (κ2) is 6.05. The van der Waals surface area contributed by atoms with Crippen molar-refractivity contribution in [1.82, 2.24) is 9.97 Å². The Morgan fingerprint density at radius 3 is 2.68 bits per heavy atom. The molecule has 2 rings (SSSR count). The molecule has 0 radical (unpaired) electrons. The lowest BCUT2D eigenvalue weighted by atomic mass is 10.1. The molecule has 5 nitrogen and oxygen atoms in total. The van der Waals surface area contributed by atoms with E-state index in [0.29, 0.717) is 9.32 Å². The van der Waals surface area contributed by atoms with Gasteiger partial charge in [-0.25, -0.2) is 0 Å². The highest BCUT2D eigenvalue weighted by Crippen LogP contribution is 2.23. The summed E-state index contributed by atoms with van der Waals surface area (Å²) >= 11 is 1.88. The maximum Gasteiger partial charge on any atom is 0.269 e. The largest absolute Gasteiger partial charge is 0.438 e. The van der Waals surface area contributed by atoms with E-state index in [9.17, 15) is 4.79 Å². The van der Waals surface area contributed by atoms with Crippen molar-refractivity contribution in [2.75, 3.05) is 5.73 Å². The Morgan fingerprint density at radius 1 is 1.37 bits per heavy atom. The van der Waals surface area contributed by atoms with Crippen molar-refractivity contribution in [2.24, 2.45) is 0 Å². The topological polar surface area (TPSA) is 81.0 Å². The number of nitrogens with one attached hydrogen (secondary N) is 1. The fourth-order valence-electron chi connectivity index (χ4n) is 1.65. The van der Waals surface area contributed by atoms with E-state index in [4.69, 9.17) is 10.5 Å². The van der Waals surface area contributed by atoms with Gasteiger partial charge in [-0.3, -0.25) is 9.78 Å². The number of rotatable bonds is 4. The molecule has 100 valence electrons. The minimum absolute atomic E-state index is 0.0445. The van der Waals surface area contributed by atoms with Crippen molar-refractivity contribution in [3.05, 3.63) is 43.8 Å². The highest BCUT2D eigenvalue weighted by atomic mass is 127. The number of nitrogen functional groups attached to an aromatic ring is 1. The van der Waals surface area contributed by atoms with Crippen LogP contribution in [0.1, 0.15) is 18.9 Å². The third-order valence-electron chi connectivity index (χ3n) is 2.53. The number of hydrogen-bond donors (Lipinski definition) is 2. The summed E-state index contributed by atoms with van der Waals surface area (Å²) in [5, 5.41) is 0. The fourth-order valence-corrected chi connectivity index (χ4v) is 2.01. The predicted molar refractivity (Wildman–Crippen MR) is 82.5 cm³/mol. The van der Waals surface area contributed by atoms with Gasteiger partial charge in [0.25, 0.3) is 5.56 Å². The Kier molecular flexibility index (Phi) is 4.41. The van der Waals surface area contributed by atoms with Crippen LogP contribution in [0.15, 0.2) is 29.1 Å². The van der Waals surface area contributed by atoms with E-state index in [1.165, 1.54) is 5.56 Å². The Balaban J connectivity index is 2.23. The van der Waals surface area contributed by atoms with Gasteiger partial charge in [0, 0.05) is 0 Å². The molecule has 1 aromatic carbocycles. The van der Waals surface area contributed by atoms with Gasteiger partial charge in [0.1, 0.15) is 9.32 Å². The first-order valence-electron chi connectivity index (χ1n) is 5.92. The molecule has 19 heavy (non-hydrogen) atoms. The number of halogens is 1. The van der Waals surface area contributed by atoms with Crippen LogP contribution in [0.2, 0.25) is 0 Å². The van der Waals surface area contributed by atoms with Gasteiger partial charge >= 0.3 is 0 Å². The molecule has 0 aliphatic carbocycles. The van der Waals surface area contributed by atoms with Crippen molar-refractivity contribution in [2.45, 2.75) is 19.8 Å². The van der Waals surface area contributed by atoms with E-state index in [2.05, 4.69) is 16.9 Å². The molecule has 0 aliphatic rings. The number of aryl methyl sites for hydroxylation is 1. The first-order valence-corrected chi connectivity index (χ1v) is 7.00. The first kappa shape index (κ1) is 13.9. The average molecular weight is 371 g/mol. The van der Waals surface area contributed by atoms with Gasteiger partial charge < -0.3 is 10.5 Å². The highest BCUT2D eigenvalue weighted by Gasteiger charge is 2.09. The van der Waals surface area contributed by atoms with Gasteiger partial charge in [0.2, 0.25) is 11.8 Å². The molecule has 0 fully saturated rings. The minimum atomic E-state index is -0.300. The van der Waals surface area contributed by atoms with E-state index in [-0.39, 0.29) is 17.4 Å². The van der Waals surface area contributed by atoms with Crippen LogP contribution in [0.4, 0.5) is 5.95 Å². The number of benzene rings is 1. The van der Waals surface area contributed by atoms with Gasteiger partial charge in [-0.2, -0.15) is 4.98 Å². The lowest BCUT2D eigenvalue weighted by Gasteiger charge is -2.07. The number of anilines is 1. The third-order valence-corrected chi connectivity index (χ3v) is 3.48. The lowest BCUT2D eigenvalue weighted by Crippen LogP contribution is -2.15. The molecule has 1 aromatic heterocycles. The zero-order valence-corrected chi connectivity index (χ0v) is 12.6. The number of aromatic nitrogens is 2. The van der Waals surface area contributed by atoms with Crippen molar-refractivity contribution in [3.63, 3.8) is 0 Å². The molecule has 0 spiro atoms. The summed E-state index contributed by atoms with van der Waals surface area (Å²) in [6.45, 7) is 2.13. The molecule has 3 N–H and O–H groups in total. The monoisotopic (exact) mass is 371 g/mol. The van der Waals surface area contributed by atoms with Gasteiger partial charge in [0.05, 0.1) is 0 Å². The molecule has 0 saturated heterocycles. The molecule has 0 saturated carbocycles. The molecule has 0 bridgehead atoms. The van der Waals surface area contributed by atoms with Gasteiger partial charge in [-0.1, -0.05) is 25.5 Å². The molecule has 0 aliphatic heterocycles. The zero-order chi connectivity index (χ0) is 13.8. The SMILES string of the molecule is CCCc1ccc(Oc2nc(N)[nH]c(=O)c2I)cc1. The number of H-pyrrole nitrogens is 1. The fraction of sp³-hybridized carbons (Fsp3) is 0.231. The van der Waals surface area contributed by atoms with Gasteiger partial charge in [0.15, 0.2) is 0 Å². The van der Waals surface area contributed by atoms with E-state index < -0.39 is 0 Å². The first-order chi connectivity index (χ1) is 9.10. The van der Waals surface area contributed by atoms with Crippen molar-refractivity contribution < 1.29 is 4.74 Å². The molecule has 6 heteroatoms. The summed E-state index contributed by atoms with van der Waals surface area (Å²) in [7, 11) is 0. The number of nitrogens with zero attached hydrogens (tertiary/aromatic N) is 1. The van der Waals surface area contributed by atoms with Crippen LogP contribution in [0.3, 0.4) is 0 Å². The van der Waals surface area contributed by atoms with E-state index in [1.54, 1.807) is 0 Å². The summed E-state index contributed by atoms with van der Waals surface area (Å²) in [5.74, 6) is 0.906. The number of hydrogen-bond acceptors (Lipinski definition) is 4. The van der Waals surface area contributed by atoms with Crippen LogP contribution in [-0.4, -0.2) is 9.97 Å². The normalized spacial score (nSPS) is 10.4. The summed E-state index contributed by atoms with van der Waals surface area (Å²) in [5.41, 5.74) is 6.45. The van der Waals surface area contributed by atoms with E-state index in [0.717, 1.165) is 12.8 Å². The maximum absolute atomic E-state index is 11.5. The smallest absolute Gasteiger partial charge is 0.269 e. The van der Waals surface area contributed by atoms with Gasteiger partial charge in [-0.05, 0) is 46.7 Å². The zero-order valence-electron chi connectivity index (χ0n) is 10.4. The molecular weight excluding hydrogens is 357 g/mol. The molecule has 0 amide bonds. The molecular formula is C13H14IN3O2. The Hall–Kier alpha value is -1.57. The number of ether oxygens (including phenoxy) is 1. The van der Waals surface area contributed by atoms with E-state index >= 15 is 0 Å². The van der Waals surface area contributed by atoms with Crippen molar-refractivity contribution in [1.29, 1.82) is 0 Å². The third kappa shape index (κ3) is 3.46. The maximum atomic E-state index is 11.5. The molecule has 2 aromatic rings. The van der Waals surface area contributed by atoms with Crippen LogP contribution in [0.25, 0.3) is 0 Å². The highest BCUT2D eigenvalue weighted by molar-refractivity contribution is 14.1. The molecule has 1 heterocycles. The number of aromatic amines is 1. The Labute approximate surface area is 124 Å². The second-order valence-electron chi connectivity index (χ2n) is 4.07. The molecule has 0 atom stereocenters. The van der Waals surface area contributed by atoms with Crippen LogP contribution >= 0.6 is 22.6 Å². The summed E-state index contributed by atoms with van der Waals surface area (Å²) < 4.78 is 5.96. The average Bonchev–Trinajstić information content (AvgIpc) is 2.38. The van der Waals surface area contributed by atoms with Gasteiger partial charge in [-0.15, -0.1) is 0 Å². The summed E-state index contributed by atoms with van der Waals surface area (Å²) in [4.78, 5) is 17.9. The second-order valence-corrected chi connectivity index (χ2v) is 5.15. The van der Waals surface area contributed by atoms with Crippen LogP contribution < -0.4 is 16.0 Å². The quantitative estimate of drug-likeness (QED) is 0.810. The van der Waals surface area contributed by atoms with Crippen molar-refractivity contribution >= 4 is 28.5 Å². The Bertz CT molecular complexity index is 623. The summed E-state index contributed by atoms with van der Waals surface area (Å²) in [6, 6.07) is 7.73. The van der Waals surface area contributed by atoms with Crippen LogP contribution in [0, 0.1) is 3.57 Å². The minimum Gasteiger partial charge on any atom is -0.438 e. The lowest BCUT2D eigenvalue weighted by molar-refractivity contribution is 0.457. The van der Waals surface area contributed by atoms with E-state index in [1.807, 2.05) is 46.9 Å². The predicted octanol–water partition coefficient (Wildman–Crippen LogP) is 2.70. The number of nitrogens with two attached hydrogens (primary N) is 1. The van der Waals surface area contributed by atoms with Crippen LogP contribution in [0.5, 0.6) is 11.6 Å². The standard InChI is InChI=1S/C13H14IN3O2/c1-2-3-8-4-6-9(7-5-8)19-12-10(14)11(18)16-13(15)17-12/h4-7H,2-3H2,1H3,(H3,15,16,17,18). The summed E-state index contributed by atoms with van der Waals surface area (Å²) in [6.07, 6.45) is 2.14. The molecule has 0 unspecified atom stereocenters. The van der Waals surface area contributed by atoms with Crippen molar-refractivity contribution in [3.8, 4) is 11.6 Å².